The van der Waals surface area contributed by atoms with E-state index in [2.05, 4.69) is 20.6 Å². The van der Waals surface area contributed by atoms with E-state index in [4.69, 9.17) is 11.5 Å². The number of para-hydroxylation sites is 1. The maximum atomic E-state index is 10.6. The van der Waals surface area contributed by atoms with Crippen LogP contribution < -0.4 is 11.5 Å². The summed E-state index contributed by atoms with van der Waals surface area (Å²) in [4.78, 5) is 10.6. The molecule has 1 aromatic heterocycles. The summed E-state index contributed by atoms with van der Waals surface area (Å²) in [5.41, 5.74) is 11.2. The van der Waals surface area contributed by atoms with Crippen molar-refractivity contribution in [2.75, 3.05) is 5.73 Å². The van der Waals surface area contributed by atoms with E-state index in [-0.39, 0.29) is 0 Å². The van der Waals surface area contributed by atoms with Crippen molar-refractivity contribution in [1.82, 2.24) is 20.6 Å². The number of nitrogens with two attached hydrogens (primary N) is 2. The smallest absolute Gasteiger partial charge is 0.250 e. The van der Waals surface area contributed by atoms with Crippen LogP contribution in [0.1, 0.15) is 10.4 Å². The maximum Gasteiger partial charge on any atom is 0.250 e. The number of nitrogen functional groups attached to an aromatic ring is 1. The van der Waals surface area contributed by atoms with Crippen LogP contribution in [0.2, 0.25) is 0 Å². The van der Waals surface area contributed by atoms with Crippen LogP contribution in [-0.2, 0) is 0 Å². The Morgan fingerprint density at radius 2 is 2.07 bits per heavy atom. The number of benzene rings is 1. The highest BCUT2D eigenvalue weighted by Gasteiger charge is 2.01. The molecular formula is C8H10N6O. The second-order valence-corrected chi connectivity index (χ2v) is 2.51. The Hall–Kier alpha value is -2.44. The highest BCUT2D eigenvalue weighted by atomic mass is 16.1. The molecule has 0 saturated carbocycles. The van der Waals surface area contributed by atoms with E-state index in [0.717, 1.165) is 0 Å². The Morgan fingerprint density at radius 3 is 2.40 bits per heavy atom. The third-order valence-electron chi connectivity index (χ3n) is 1.50. The van der Waals surface area contributed by atoms with Gasteiger partial charge in [-0.05, 0) is 22.6 Å². The summed E-state index contributed by atoms with van der Waals surface area (Å²) in [7, 11) is 0. The summed E-state index contributed by atoms with van der Waals surface area (Å²) in [6.45, 7) is 0. The zero-order valence-corrected chi connectivity index (χ0v) is 7.79. The van der Waals surface area contributed by atoms with Crippen molar-refractivity contribution in [2.24, 2.45) is 5.73 Å². The summed E-state index contributed by atoms with van der Waals surface area (Å²) < 4.78 is 0. The molecule has 0 atom stereocenters. The number of H-pyrrole nitrogens is 1. The molecule has 0 fully saturated rings. The molecule has 2 aromatic rings. The van der Waals surface area contributed by atoms with Crippen molar-refractivity contribution in [2.45, 2.75) is 0 Å². The number of primary amides is 1. The summed E-state index contributed by atoms with van der Waals surface area (Å²) in [5, 5.41) is 12.1. The summed E-state index contributed by atoms with van der Waals surface area (Å²) in [6.07, 6.45) is 1.40. The fourth-order valence-corrected chi connectivity index (χ4v) is 0.851. The van der Waals surface area contributed by atoms with Crippen LogP contribution in [0.3, 0.4) is 0 Å². The highest BCUT2D eigenvalue weighted by Crippen LogP contribution is 2.08. The molecule has 7 nitrogen and oxygen atoms in total. The van der Waals surface area contributed by atoms with Gasteiger partial charge in [-0.3, -0.25) is 4.79 Å². The predicted molar refractivity (Wildman–Crippen MR) is 53.5 cm³/mol. The van der Waals surface area contributed by atoms with E-state index in [0.29, 0.717) is 11.3 Å². The second-order valence-electron chi connectivity index (χ2n) is 2.51. The number of amides is 1. The fraction of sp³-hybridized carbons (Fsp3) is 0. The molecule has 0 aliphatic rings. The van der Waals surface area contributed by atoms with Gasteiger partial charge in [0.2, 0.25) is 0 Å². The Labute approximate surface area is 85.5 Å². The van der Waals surface area contributed by atoms with Gasteiger partial charge in [-0.2, -0.15) is 0 Å². The molecule has 0 aliphatic heterocycles. The lowest BCUT2D eigenvalue weighted by Crippen LogP contribution is -2.12. The van der Waals surface area contributed by atoms with Gasteiger partial charge in [-0.15, -0.1) is 5.10 Å². The van der Waals surface area contributed by atoms with Crippen LogP contribution in [0.4, 0.5) is 5.69 Å². The normalized spacial score (nSPS) is 8.80. The lowest BCUT2D eigenvalue weighted by Gasteiger charge is -1.97. The van der Waals surface area contributed by atoms with Gasteiger partial charge in [0.25, 0.3) is 5.91 Å². The van der Waals surface area contributed by atoms with Crippen LogP contribution in [0.15, 0.2) is 30.6 Å². The first kappa shape index (κ1) is 10.6. The van der Waals surface area contributed by atoms with E-state index in [1.165, 1.54) is 6.33 Å². The molecule has 0 aliphatic carbocycles. The van der Waals surface area contributed by atoms with Crippen LogP contribution in [0, 0.1) is 0 Å². The molecule has 7 heteroatoms. The Kier molecular flexibility index (Phi) is 3.78. The topological polar surface area (TPSA) is 124 Å². The number of tetrazole rings is 1. The van der Waals surface area contributed by atoms with Gasteiger partial charge in [-0.25, -0.2) is 5.10 Å². The molecule has 78 valence electrons. The zero-order valence-electron chi connectivity index (χ0n) is 7.79. The number of hydrogen-bond acceptors (Lipinski definition) is 5. The number of nitrogens with zero attached hydrogens (tertiary/aromatic N) is 3. The average Bonchev–Trinajstić information content (AvgIpc) is 2.75. The molecule has 1 amide bonds. The molecule has 0 radical (unpaired) electrons. The van der Waals surface area contributed by atoms with E-state index in [1.807, 2.05) is 0 Å². The van der Waals surface area contributed by atoms with Crippen molar-refractivity contribution >= 4 is 11.6 Å². The Morgan fingerprint density at radius 1 is 1.33 bits per heavy atom. The Bertz CT molecular complexity index is 396. The van der Waals surface area contributed by atoms with Gasteiger partial charge < -0.3 is 11.5 Å². The Balaban J connectivity index is 0.000000187. The minimum Gasteiger partial charge on any atom is -0.398 e. The molecule has 0 saturated heterocycles. The molecule has 0 spiro atoms. The second kappa shape index (κ2) is 5.32. The zero-order chi connectivity index (χ0) is 11.1. The quantitative estimate of drug-likeness (QED) is 0.546. The minimum atomic E-state index is -0.488. The van der Waals surface area contributed by atoms with Gasteiger partial charge in [-0.1, -0.05) is 12.1 Å². The molecule has 5 N–H and O–H groups in total. The van der Waals surface area contributed by atoms with Crippen LogP contribution in [0.25, 0.3) is 0 Å². The first-order valence-corrected chi connectivity index (χ1v) is 4.03. The van der Waals surface area contributed by atoms with E-state index in [1.54, 1.807) is 24.3 Å². The first-order valence-electron chi connectivity index (χ1n) is 4.03. The lowest BCUT2D eigenvalue weighted by molar-refractivity contribution is 0.100. The van der Waals surface area contributed by atoms with E-state index >= 15 is 0 Å². The van der Waals surface area contributed by atoms with Crippen molar-refractivity contribution in [3.05, 3.63) is 36.2 Å². The number of aromatic nitrogens is 4. The van der Waals surface area contributed by atoms with Gasteiger partial charge >= 0.3 is 0 Å². The predicted octanol–water partition coefficient (Wildman–Crippen LogP) is -0.433. The number of carbonyl (C=O) groups excluding carboxylic acids is 1. The fourth-order valence-electron chi connectivity index (χ4n) is 0.851. The molecule has 2 rings (SSSR count). The van der Waals surface area contributed by atoms with Crippen LogP contribution >= 0.6 is 0 Å². The van der Waals surface area contributed by atoms with Crippen molar-refractivity contribution in [3.63, 3.8) is 0 Å². The monoisotopic (exact) mass is 206 g/mol. The van der Waals surface area contributed by atoms with Crippen LogP contribution in [0.5, 0.6) is 0 Å². The average molecular weight is 206 g/mol. The van der Waals surface area contributed by atoms with Gasteiger partial charge in [0.15, 0.2) is 0 Å². The lowest BCUT2D eigenvalue weighted by atomic mass is 10.2. The van der Waals surface area contributed by atoms with Crippen molar-refractivity contribution < 1.29 is 4.79 Å². The van der Waals surface area contributed by atoms with Crippen molar-refractivity contribution in [1.29, 1.82) is 0 Å². The minimum absolute atomic E-state index is 0.377. The SMILES string of the molecule is NC(=O)c1ccccc1N.c1nnn[nH]1. The number of anilines is 1. The number of nitrogens with one attached hydrogen (secondary N) is 1. The maximum absolute atomic E-state index is 10.6. The molecule has 1 heterocycles. The van der Waals surface area contributed by atoms with E-state index < -0.39 is 5.91 Å². The summed E-state index contributed by atoms with van der Waals surface area (Å²) in [6, 6.07) is 6.70. The largest absolute Gasteiger partial charge is 0.398 e. The molecule has 0 unspecified atom stereocenters. The van der Waals surface area contributed by atoms with Gasteiger partial charge in [0, 0.05) is 5.69 Å². The summed E-state index contributed by atoms with van der Waals surface area (Å²) in [5.74, 6) is -0.488. The van der Waals surface area contributed by atoms with Crippen molar-refractivity contribution in [3.8, 4) is 0 Å². The number of rotatable bonds is 1. The van der Waals surface area contributed by atoms with Gasteiger partial charge in [0.05, 0.1) is 5.56 Å². The van der Waals surface area contributed by atoms with Gasteiger partial charge in [0.1, 0.15) is 6.33 Å². The van der Waals surface area contributed by atoms with E-state index in [9.17, 15) is 4.79 Å². The number of aromatic amines is 1. The molecule has 15 heavy (non-hydrogen) atoms. The first-order chi connectivity index (χ1) is 7.22. The third kappa shape index (κ3) is 3.43. The molecular weight excluding hydrogens is 196 g/mol. The third-order valence-corrected chi connectivity index (χ3v) is 1.50. The number of carbonyl (C=O) groups is 1. The summed E-state index contributed by atoms with van der Waals surface area (Å²) >= 11 is 0. The molecule has 0 bridgehead atoms. The standard InChI is InChI=1S/C7H8N2O.CH2N4/c8-6-4-2-1-3-5(6)7(9)10;1-2-4-5-3-1/h1-4H,8H2,(H2,9,10);1H,(H,2,3,4,5). The number of hydrogen-bond donors (Lipinski definition) is 3. The highest BCUT2D eigenvalue weighted by molar-refractivity contribution is 5.97. The molecule has 1 aromatic carbocycles. The van der Waals surface area contributed by atoms with Crippen LogP contribution in [-0.4, -0.2) is 26.5 Å².